The van der Waals surface area contributed by atoms with Gasteiger partial charge in [-0.25, -0.2) is 0 Å². The maximum absolute atomic E-state index is 12.6. The van der Waals surface area contributed by atoms with E-state index in [1.54, 1.807) is 12.1 Å². The minimum atomic E-state index is -3.66. The van der Waals surface area contributed by atoms with E-state index in [1.165, 1.54) is 0 Å². The molecule has 0 amide bonds. The van der Waals surface area contributed by atoms with Crippen LogP contribution in [0.15, 0.2) is 83.4 Å². The molecular formula is C18H17BrNO2P. The van der Waals surface area contributed by atoms with Crippen molar-refractivity contribution in [1.29, 1.82) is 0 Å². The van der Waals surface area contributed by atoms with Crippen molar-refractivity contribution in [3.05, 3.63) is 94.5 Å². The van der Waals surface area contributed by atoms with Crippen molar-refractivity contribution < 1.29 is 9.46 Å². The summed E-state index contributed by atoms with van der Waals surface area (Å²) in [5.74, 6) is 0.341. The second-order valence-corrected chi connectivity index (χ2v) is 7.84. The van der Waals surface area contributed by atoms with E-state index < -0.39 is 13.2 Å². The maximum Gasteiger partial charge on any atom is 0.256 e. The van der Waals surface area contributed by atoms with E-state index in [0.29, 0.717) is 10.2 Å². The average molecular weight is 390 g/mol. The van der Waals surface area contributed by atoms with Gasteiger partial charge in [0.25, 0.3) is 7.37 Å². The second kappa shape index (κ2) is 8.14. The fourth-order valence-corrected chi connectivity index (χ4v) is 4.10. The molecule has 0 radical (unpaired) electrons. The molecule has 0 heterocycles. The first-order valence-corrected chi connectivity index (χ1v) is 9.55. The van der Waals surface area contributed by atoms with Gasteiger partial charge in [0.1, 0.15) is 5.78 Å². The van der Waals surface area contributed by atoms with Gasteiger partial charge < -0.3 is 10.2 Å². The van der Waals surface area contributed by atoms with Gasteiger partial charge in [-0.05, 0) is 33.1 Å². The van der Waals surface area contributed by atoms with Gasteiger partial charge >= 0.3 is 0 Å². The molecule has 0 bridgehead atoms. The molecular weight excluding hydrogens is 373 g/mol. The molecule has 0 aliphatic rings. The Balaban J connectivity index is 2.34. The molecule has 0 spiro atoms. The van der Waals surface area contributed by atoms with Crippen LogP contribution in [0.4, 0.5) is 0 Å². The second-order valence-electron chi connectivity index (χ2n) is 4.87. The highest BCUT2D eigenvalue weighted by Gasteiger charge is 2.30. The first-order chi connectivity index (χ1) is 11.0. The van der Waals surface area contributed by atoms with Crippen molar-refractivity contribution in [1.82, 2.24) is 5.32 Å². The van der Waals surface area contributed by atoms with Crippen LogP contribution in [0.25, 0.3) is 6.08 Å². The lowest BCUT2D eigenvalue weighted by atomic mass is 10.2. The Bertz CT molecular complexity index is 768. The molecule has 2 aromatic carbocycles. The van der Waals surface area contributed by atoms with E-state index in [4.69, 9.17) is 0 Å². The topological polar surface area (TPSA) is 49.3 Å². The highest BCUT2D eigenvalue weighted by atomic mass is 79.9. The van der Waals surface area contributed by atoms with Crippen LogP contribution in [0.5, 0.6) is 0 Å². The van der Waals surface area contributed by atoms with E-state index in [-0.39, 0.29) is 0 Å². The molecule has 0 saturated carbocycles. The minimum Gasteiger partial charge on any atom is -0.364 e. The molecule has 0 aromatic heterocycles. The van der Waals surface area contributed by atoms with E-state index in [9.17, 15) is 9.46 Å². The van der Waals surface area contributed by atoms with Crippen LogP contribution in [0.1, 0.15) is 16.9 Å². The van der Waals surface area contributed by atoms with Gasteiger partial charge in [0, 0.05) is 5.82 Å². The quantitative estimate of drug-likeness (QED) is 0.403. The molecule has 3 nitrogen and oxygen atoms in total. The highest BCUT2D eigenvalue weighted by molar-refractivity contribution is 9.11. The molecule has 0 aliphatic heterocycles. The van der Waals surface area contributed by atoms with Crippen molar-refractivity contribution in [2.75, 3.05) is 0 Å². The summed E-state index contributed by atoms with van der Waals surface area (Å²) in [5.41, 5.74) is 4.11. The summed E-state index contributed by atoms with van der Waals surface area (Å²) in [5, 5.41) is 3.07. The maximum atomic E-state index is 12.6. The number of hydrogen-bond donors (Lipinski definition) is 2. The van der Waals surface area contributed by atoms with E-state index in [1.807, 2.05) is 54.6 Å². The third-order valence-corrected chi connectivity index (χ3v) is 5.31. The standard InChI is InChI=1S/C18H17BrNO2P/c1-2-13-23(21,22)18(16-11-7-4-8-12-16)20-17(19)14-15-9-5-3-6-10-15/h3-14,18,20H,1H2,(H,21,22)/b17-14-. The number of nitrogens with one attached hydrogen (secondary N) is 1. The number of hydrogen-bond acceptors (Lipinski definition) is 2. The predicted molar refractivity (Wildman–Crippen MR) is 99.2 cm³/mol. The summed E-state index contributed by atoms with van der Waals surface area (Å²) in [4.78, 5) is 10.3. The lowest BCUT2D eigenvalue weighted by Gasteiger charge is -2.23. The number of halogens is 1. The minimum absolute atomic E-state index is 0.615. The van der Waals surface area contributed by atoms with Gasteiger partial charge in [0.2, 0.25) is 0 Å². The molecule has 0 aliphatic carbocycles. The van der Waals surface area contributed by atoms with Crippen LogP contribution < -0.4 is 5.32 Å². The summed E-state index contributed by atoms with van der Waals surface area (Å²) >= 11 is 3.42. The molecule has 0 saturated heterocycles. The molecule has 2 N–H and O–H groups in total. The van der Waals surface area contributed by atoms with Gasteiger partial charge in [-0.1, -0.05) is 67.2 Å². The molecule has 23 heavy (non-hydrogen) atoms. The van der Waals surface area contributed by atoms with Crippen LogP contribution in [0.2, 0.25) is 0 Å². The lowest BCUT2D eigenvalue weighted by Crippen LogP contribution is -2.18. The Morgan fingerprint density at radius 1 is 1.17 bits per heavy atom. The molecule has 0 fully saturated rings. The Hall–Kier alpha value is -1.83. The van der Waals surface area contributed by atoms with Crippen molar-refractivity contribution >= 4 is 29.4 Å². The SMILES string of the molecule is C=C=CP(=O)(O)C(N/C(Br)=C\c1ccccc1)c1ccccc1. The van der Waals surface area contributed by atoms with Crippen LogP contribution in [0.3, 0.4) is 0 Å². The van der Waals surface area contributed by atoms with Crippen molar-refractivity contribution in [2.24, 2.45) is 0 Å². The normalized spacial score (nSPS) is 15.1. The third kappa shape index (κ3) is 5.09. The lowest BCUT2D eigenvalue weighted by molar-refractivity contribution is 0.468. The van der Waals surface area contributed by atoms with Crippen LogP contribution >= 0.6 is 23.3 Å². The number of rotatable bonds is 6. The van der Waals surface area contributed by atoms with Gasteiger partial charge in [-0.2, -0.15) is 0 Å². The summed E-state index contributed by atoms with van der Waals surface area (Å²) in [6, 6.07) is 18.8. The van der Waals surface area contributed by atoms with Crippen molar-refractivity contribution in [2.45, 2.75) is 5.78 Å². The highest BCUT2D eigenvalue weighted by Crippen LogP contribution is 2.55. The van der Waals surface area contributed by atoms with E-state index >= 15 is 0 Å². The van der Waals surface area contributed by atoms with Gasteiger partial charge in [-0.3, -0.25) is 4.57 Å². The molecule has 118 valence electrons. The molecule has 2 rings (SSSR count). The average Bonchev–Trinajstić information content (AvgIpc) is 2.54. The summed E-state index contributed by atoms with van der Waals surface area (Å²) < 4.78 is 13.2. The Morgan fingerprint density at radius 3 is 2.30 bits per heavy atom. The summed E-state index contributed by atoms with van der Waals surface area (Å²) in [7, 11) is -3.66. The first kappa shape index (κ1) is 17.5. The first-order valence-electron chi connectivity index (χ1n) is 6.96. The third-order valence-electron chi connectivity index (χ3n) is 3.13. The van der Waals surface area contributed by atoms with Crippen molar-refractivity contribution in [3.63, 3.8) is 0 Å². The van der Waals surface area contributed by atoms with Gasteiger partial charge in [0.05, 0.1) is 4.61 Å². The zero-order valence-corrected chi connectivity index (χ0v) is 14.9. The van der Waals surface area contributed by atoms with Gasteiger partial charge in [-0.15, -0.1) is 5.73 Å². The molecule has 5 heteroatoms. The molecule has 2 unspecified atom stereocenters. The van der Waals surface area contributed by atoms with E-state index in [2.05, 4.69) is 33.6 Å². The Kier molecular flexibility index (Phi) is 6.20. The predicted octanol–water partition coefficient (Wildman–Crippen LogP) is 5.24. The Labute approximate surface area is 144 Å². The zero-order chi connectivity index (χ0) is 16.7. The van der Waals surface area contributed by atoms with Gasteiger partial charge in [0.15, 0.2) is 0 Å². The van der Waals surface area contributed by atoms with E-state index in [0.717, 1.165) is 11.4 Å². The molecule has 2 atom stereocenters. The fourth-order valence-electron chi connectivity index (χ4n) is 2.10. The monoisotopic (exact) mass is 389 g/mol. The zero-order valence-electron chi connectivity index (χ0n) is 12.4. The largest absolute Gasteiger partial charge is 0.364 e. The smallest absolute Gasteiger partial charge is 0.256 e. The van der Waals surface area contributed by atoms with Crippen LogP contribution in [0, 0.1) is 0 Å². The van der Waals surface area contributed by atoms with Crippen molar-refractivity contribution in [3.8, 4) is 0 Å². The fraction of sp³-hybridized carbons (Fsp3) is 0.0556. The van der Waals surface area contributed by atoms with Crippen LogP contribution in [-0.2, 0) is 4.57 Å². The molecule has 2 aromatic rings. The summed E-state index contributed by atoms with van der Waals surface area (Å²) in [6.45, 7) is 3.40. The number of benzene rings is 2. The van der Waals surface area contributed by atoms with Crippen LogP contribution in [-0.4, -0.2) is 4.89 Å². The summed E-state index contributed by atoms with van der Waals surface area (Å²) in [6.07, 6.45) is 1.85. The Morgan fingerprint density at radius 2 is 1.74 bits per heavy atom.